The highest BCUT2D eigenvalue weighted by Crippen LogP contribution is 2.30. The normalized spacial score (nSPS) is 18.8. The zero-order valence-electron chi connectivity index (χ0n) is 13.0. The number of aryl methyl sites for hydroxylation is 1. The molecule has 0 saturated heterocycles. The largest absolute Gasteiger partial charge is 0.310 e. The van der Waals surface area contributed by atoms with E-state index in [9.17, 15) is 4.39 Å². The van der Waals surface area contributed by atoms with Crippen LogP contribution in [0.3, 0.4) is 0 Å². The molecule has 1 saturated carbocycles. The Morgan fingerprint density at radius 2 is 1.91 bits per heavy atom. The minimum atomic E-state index is -0.160. The fraction of sp³-hybridized carbons (Fsp3) is 0.526. The second-order valence-electron chi connectivity index (χ2n) is 6.75. The van der Waals surface area contributed by atoms with Crippen molar-refractivity contribution in [3.05, 3.63) is 40.8 Å². The monoisotopic (exact) mass is 298 g/mol. The maximum absolute atomic E-state index is 13.7. The summed E-state index contributed by atoms with van der Waals surface area (Å²) in [4.78, 5) is 4.80. The quantitative estimate of drug-likeness (QED) is 0.914. The number of rotatable bonds is 3. The molecule has 3 heteroatoms. The lowest BCUT2D eigenvalue weighted by molar-refractivity contribution is 0.521. The van der Waals surface area contributed by atoms with Crippen molar-refractivity contribution in [2.75, 3.05) is 0 Å². The van der Waals surface area contributed by atoms with Gasteiger partial charge in [-0.1, -0.05) is 12.8 Å². The molecule has 0 bridgehead atoms. The second-order valence-corrected chi connectivity index (χ2v) is 6.75. The van der Waals surface area contributed by atoms with E-state index >= 15 is 0 Å². The maximum Gasteiger partial charge on any atom is 0.123 e. The first-order valence-corrected chi connectivity index (χ1v) is 8.64. The number of nitrogens with zero attached hydrogens (tertiary/aromatic N) is 1. The predicted octanol–water partition coefficient (Wildman–Crippen LogP) is 4.28. The van der Waals surface area contributed by atoms with Crippen molar-refractivity contribution in [2.45, 2.75) is 64.0 Å². The Morgan fingerprint density at radius 1 is 1.09 bits per heavy atom. The number of pyridine rings is 1. The van der Waals surface area contributed by atoms with Gasteiger partial charge in [0, 0.05) is 23.7 Å². The first-order chi connectivity index (χ1) is 10.8. The molecule has 0 spiro atoms. The zero-order valence-corrected chi connectivity index (χ0v) is 13.0. The predicted molar refractivity (Wildman–Crippen MR) is 87.4 cm³/mol. The summed E-state index contributed by atoms with van der Waals surface area (Å²) in [6, 6.07) is 5.66. The molecule has 1 aromatic carbocycles. The summed E-state index contributed by atoms with van der Waals surface area (Å²) in [6.45, 7) is 0.857. The third kappa shape index (κ3) is 2.63. The first kappa shape index (κ1) is 14.1. The van der Waals surface area contributed by atoms with Crippen molar-refractivity contribution < 1.29 is 4.39 Å². The summed E-state index contributed by atoms with van der Waals surface area (Å²) in [5.41, 5.74) is 4.87. The highest BCUT2D eigenvalue weighted by molar-refractivity contribution is 5.84. The van der Waals surface area contributed by atoms with Gasteiger partial charge >= 0.3 is 0 Å². The van der Waals surface area contributed by atoms with Crippen LogP contribution in [0, 0.1) is 5.82 Å². The zero-order chi connectivity index (χ0) is 14.9. The van der Waals surface area contributed by atoms with Gasteiger partial charge in [0.05, 0.1) is 5.52 Å². The molecule has 2 aliphatic carbocycles. The van der Waals surface area contributed by atoms with E-state index < -0.39 is 0 Å². The maximum atomic E-state index is 13.7. The molecule has 2 nitrogen and oxygen atoms in total. The van der Waals surface area contributed by atoms with Gasteiger partial charge in [-0.05, 0) is 67.9 Å². The SMILES string of the molecule is Fc1ccc2nc3c(c(CNC4CCCC4)c2c1)CCCC3. The molecule has 0 aliphatic heterocycles. The molecule has 0 radical (unpaired) electrons. The molecule has 0 amide bonds. The molecule has 4 rings (SSSR count). The Morgan fingerprint density at radius 3 is 2.77 bits per heavy atom. The number of halogens is 1. The Balaban J connectivity index is 1.76. The third-order valence-electron chi connectivity index (χ3n) is 5.26. The van der Waals surface area contributed by atoms with Crippen LogP contribution in [0.5, 0.6) is 0 Å². The molecule has 1 fully saturated rings. The number of nitrogens with one attached hydrogen (secondary N) is 1. The van der Waals surface area contributed by atoms with E-state index in [2.05, 4.69) is 5.32 Å². The molecule has 1 N–H and O–H groups in total. The van der Waals surface area contributed by atoms with Crippen LogP contribution in [-0.2, 0) is 19.4 Å². The minimum absolute atomic E-state index is 0.160. The van der Waals surface area contributed by atoms with Crippen molar-refractivity contribution in [3.8, 4) is 0 Å². The Kier molecular flexibility index (Phi) is 3.83. The number of fused-ring (bicyclic) bond motifs is 2. The van der Waals surface area contributed by atoms with Gasteiger partial charge in [-0.15, -0.1) is 0 Å². The van der Waals surface area contributed by atoms with Crippen molar-refractivity contribution in [1.82, 2.24) is 10.3 Å². The van der Waals surface area contributed by atoms with Crippen LogP contribution in [-0.4, -0.2) is 11.0 Å². The Bertz CT molecular complexity index is 689. The highest BCUT2D eigenvalue weighted by atomic mass is 19.1. The van der Waals surface area contributed by atoms with Crippen LogP contribution in [0.4, 0.5) is 4.39 Å². The fourth-order valence-electron chi connectivity index (χ4n) is 4.07. The van der Waals surface area contributed by atoms with Crippen molar-refractivity contribution in [2.24, 2.45) is 0 Å². The molecule has 2 aromatic rings. The van der Waals surface area contributed by atoms with E-state index in [4.69, 9.17) is 4.98 Å². The second kappa shape index (κ2) is 5.96. The van der Waals surface area contributed by atoms with Crippen LogP contribution in [0.1, 0.15) is 55.3 Å². The average Bonchev–Trinajstić information content (AvgIpc) is 3.05. The molecule has 0 unspecified atom stereocenters. The molecule has 1 aromatic heterocycles. The van der Waals surface area contributed by atoms with E-state index in [0.29, 0.717) is 6.04 Å². The summed E-state index contributed by atoms with van der Waals surface area (Å²) in [7, 11) is 0. The van der Waals surface area contributed by atoms with E-state index in [1.807, 2.05) is 6.07 Å². The van der Waals surface area contributed by atoms with Gasteiger partial charge in [0.15, 0.2) is 0 Å². The van der Waals surface area contributed by atoms with Crippen molar-refractivity contribution in [3.63, 3.8) is 0 Å². The third-order valence-corrected chi connectivity index (χ3v) is 5.26. The van der Waals surface area contributed by atoms with E-state index in [-0.39, 0.29) is 5.82 Å². The lowest BCUT2D eigenvalue weighted by Gasteiger charge is -2.22. The van der Waals surface area contributed by atoms with Gasteiger partial charge in [0.25, 0.3) is 0 Å². The van der Waals surface area contributed by atoms with Crippen LogP contribution in [0.2, 0.25) is 0 Å². The van der Waals surface area contributed by atoms with Gasteiger partial charge in [-0.25, -0.2) is 4.39 Å². The number of hydrogen-bond acceptors (Lipinski definition) is 2. The van der Waals surface area contributed by atoms with E-state index in [0.717, 1.165) is 30.3 Å². The number of hydrogen-bond donors (Lipinski definition) is 1. The lowest BCUT2D eigenvalue weighted by Crippen LogP contribution is -2.26. The first-order valence-electron chi connectivity index (χ1n) is 8.64. The van der Waals surface area contributed by atoms with Gasteiger partial charge in [0.2, 0.25) is 0 Å². The lowest BCUT2D eigenvalue weighted by atomic mass is 9.89. The minimum Gasteiger partial charge on any atom is -0.310 e. The molecular formula is C19H23FN2. The Hall–Kier alpha value is -1.48. The fourth-order valence-corrected chi connectivity index (χ4v) is 4.07. The highest BCUT2D eigenvalue weighted by Gasteiger charge is 2.20. The summed E-state index contributed by atoms with van der Waals surface area (Å²) in [5.74, 6) is -0.160. The van der Waals surface area contributed by atoms with Crippen LogP contribution in [0.25, 0.3) is 10.9 Å². The van der Waals surface area contributed by atoms with Crippen LogP contribution < -0.4 is 5.32 Å². The topological polar surface area (TPSA) is 24.9 Å². The standard InChI is InChI=1S/C19H23FN2/c20-13-9-10-19-16(11-13)17(12-21-14-5-1-2-6-14)15-7-3-4-8-18(15)22-19/h9-11,14,21H,1-8,12H2. The molecule has 116 valence electrons. The van der Waals surface area contributed by atoms with Gasteiger partial charge in [-0.2, -0.15) is 0 Å². The summed E-state index contributed by atoms with van der Waals surface area (Å²) < 4.78 is 13.7. The number of aromatic nitrogens is 1. The molecule has 22 heavy (non-hydrogen) atoms. The summed E-state index contributed by atoms with van der Waals surface area (Å²) >= 11 is 0. The van der Waals surface area contributed by atoms with Crippen LogP contribution >= 0.6 is 0 Å². The number of benzene rings is 1. The van der Waals surface area contributed by atoms with Gasteiger partial charge < -0.3 is 5.32 Å². The summed E-state index contributed by atoms with van der Waals surface area (Å²) in [6.07, 6.45) is 9.84. The molecular weight excluding hydrogens is 275 g/mol. The molecule has 2 aliphatic rings. The smallest absolute Gasteiger partial charge is 0.123 e. The summed E-state index contributed by atoms with van der Waals surface area (Å²) in [5, 5.41) is 4.72. The van der Waals surface area contributed by atoms with E-state index in [1.165, 1.54) is 61.4 Å². The Labute approximate surface area is 131 Å². The molecule has 0 atom stereocenters. The van der Waals surface area contributed by atoms with E-state index in [1.54, 1.807) is 6.07 Å². The average molecular weight is 298 g/mol. The molecule has 1 heterocycles. The van der Waals surface area contributed by atoms with Crippen molar-refractivity contribution >= 4 is 10.9 Å². The van der Waals surface area contributed by atoms with Gasteiger partial charge in [-0.3, -0.25) is 4.98 Å². The van der Waals surface area contributed by atoms with Crippen molar-refractivity contribution in [1.29, 1.82) is 0 Å². The van der Waals surface area contributed by atoms with Gasteiger partial charge in [0.1, 0.15) is 5.82 Å². The van der Waals surface area contributed by atoms with Crippen LogP contribution in [0.15, 0.2) is 18.2 Å².